The largest absolute Gasteiger partial charge is 0.495 e. The third-order valence-electron chi connectivity index (χ3n) is 5.51. The Morgan fingerprint density at radius 1 is 1.06 bits per heavy atom. The molecule has 1 N–H and O–H groups in total. The summed E-state index contributed by atoms with van der Waals surface area (Å²) in [6, 6.07) is 15.5. The van der Waals surface area contributed by atoms with Crippen LogP contribution in [0.4, 0.5) is 5.69 Å². The van der Waals surface area contributed by atoms with Crippen LogP contribution in [0, 0.1) is 0 Å². The van der Waals surface area contributed by atoms with E-state index in [9.17, 15) is 18.0 Å². The van der Waals surface area contributed by atoms with Crippen molar-refractivity contribution in [3.8, 4) is 5.75 Å². The summed E-state index contributed by atoms with van der Waals surface area (Å²) in [7, 11) is -2.36. The van der Waals surface area contributed by atoms with Crippen LogP contribution >= 0.6 is 0 Å². The summed E-state index contributed by atoms with van der Waals surface area (Å²) >= 11 is 0. The molecule has 2 aromatic rings. The summed E-state index contributed by atoms with van der Waals surface area (Å²) in [6.07, 6.45) is 3.36. The van der Waals surface area contributed by atoms with Gasteiger partial charge in [-0.3, -0.25) is 13.9 Å². The third kappa shape index (κ3) is 7.76. The number of hydrogen-bond donors (Lipinski definition) is 1. The molecule has 0 aliphatic rings. The third-order valence-corrected chi connectivity index (χ3v) is 6.64. The molecule has 0 spiro atoms. The highest BCUT2D eigenvalue weighted by Gasteiger charge is 2.30. The molecular weight excluding hydrogens is 454 g/mol. The van der Waals surface area contributed by atoms with Crippen LogP contribution in [-0.2, 0) is 26.0 Å². The number of anilines is 1. The van der Waals surface area contributed by atoms with Crippen molar-refractivity contribution < 1.29 is 22.7 Å². The number of ether oxygens (including phenoxy) is 1. The molecule has 1 atom stereocenters. The van der Waals surface area contributed by atoms with E-state index in [1.165, 1.54) is 12.0 Å². The Balaban J connectivity index is 2.30. The molecule has 0 saturated heterocycles. The van der Waals surface area contributed by atoms with Crippen LogP contribution in [0.3, 0.4) is 0 Å². The van der Waals surface area contributed by atoms with Crippen molar-refractivity contribution in [3.63, 3.8) is 0 Å². The Morgan fingerprint density at radius 3 is 2.32 bits per heavy atom. The molecular formula is C25H35N3O5S. The van der Waals surface area contributed by atoms with Crippen LogP contribution in [-0.4, -0.2) is 64.2 Å². The highest BCUT2D eigenvalue weighted by molar-refractivity contribution is 7.92. The Hall–Kier alpha value is -3.07. The number of carbonyl (C=O) groups is 2. The van der Waals surface area contributed by atoms with Gasteiger partial charge in [0.1, 0.15) is 18.3 Å². The van der Waals surface area contributed by atoms with Crippen molar-refractivity contribution in [2.24, 2.45) is 0 Å². The number of rotatable bonds is 13. The van der Waals surface area contributed by atoms with Crippen LogP contribution in [0.15, 0.2) is 54.6 Å². The lowest BCUT2D eigenvalue weighted by Crippen LogP contribution is -2.52. The first-order valence-electron chi connectivity index (χ1n) is 11.4. The molecule has 2 rings (SSSR count). The molecule has 34 heavy (non-hydrogen) atoms. The maximum atomic E-state index is 13.5. The number of benzene rings is 2. The van der Waals surface area contributed by atoms with Crippen LogP contribution < -0.4 is 14.4 Å². The number of amides is 2. The molecule has 0 fully saturated rings. The average molecular weight is 490 g/mol. The lowest BCUT2D eigenvalue weighted by molar-refractivity contribution is -0.138. The Morgan fingerprint density at radius 2 is 1.71 bits per heavy atom. The molecule has 0 aliphatic carbocycles. The Kier molecular flexibility index (Phi) is 10.4. The fraction of sp³-hybridized carbons (Fsp3) is 0.440. The second-order valence-electron chi connectivity index (χ2n) is 8.08. The second-order valence-corrected chi connectivity index (χ2v) is 9.99. The van der Waals surface area contributed by atoms with Gasteiger partial charge < -0.3 is 15.0 Å². The number of nitrogens with one attached hydrogen (secondary N) is 1. The van der Waals surface area contributed by atoms with E-state index in [0.717, 1.165) is 29.0 Å². The lowest BCUT2D eigenvalue weighted by Gasteiger charge is -2.31. The molecule has 2 amide bonds. The van der Waals surface area contributed by atoms with Crippen molar-refractivity contribution >= 4 is 27.5 Å². The van der Waals surface area contributed by atoms with Crippen molar-refractivity contribution in [1.82, 2.24) is 10.2 Å². The minimum absolute atomic E-state index is 0.266. The Labute approximate surface area is 202 Å². The van der Waals surface area contributed by atoms with Gasteiger partial charge in [0, 0.05) is 13.1 Å². The fourth-order valence-corrected chi connectivity index (χ4v) is 4.39. The number of methoxy groups -OCH3 is 1. The van der Waals surface area contributed by atoms with E-state index in [0.29, 0.717) is 18.7 Å². The van der Waals surface area contributed by atoms with Gasteiger partial charge in [-0.25, -0.2) is 8.42 Å². The highest BCUT2D eigenvalue weighted by atomic mass is 32.2. The zero-order valence-corrected chi connectivity index (χ0v) is 21.2. The number of sulfonamides is 1. The molecule has 0 saturated carbocycles. The normalized spacial score (nSPS) is 12.0. The van der Waals surface area contributed by atoms with E-state index in [-0.39, 0.29) is 18.1 Å². The quantitative estimate of drug-likeness (QED) is 0.437. The van der Waals surface area contributed by atoms with Crippen LogP contribution in [0.1, 0.15) is 32.3 Å². The topological polar surface area (TPSA) is 96.0 Å². The number of para-hydroxylation sites is 2. The summed E-state index contributed by atoms with van der Waals surface area (Å²) in [6.45, 7) is 4.05. The van der Waals surface area contributed by atoms with Gasteiger partial charge in [0.25, 0.3) is 0 Å². The van der Waals surface area contributed by atoms with E-state index in [4.69, 9.17) is 4.74 Å². The SMILES string of the molecule is CCCCNC(=O)[C@@H](C)N(CCc1ccccc1)C(=O)CN(c1ccccc1OC)S(C)(=O)=O. The summed E-state index contributed by atoms with van der Waals surface area (Å²) < 4.78 is 31.6. The Bertz CT molecular complexity index is 1040. The number of unbranched alkanes of at least 4 members (excludes halogenated alkanes) is 1. The number of nitrogens with zero attached hydrogens (tertiary/aromatic N) is 2. The van der Waals surface area contributed by atoms with Gasteiger partial charge >= 0.3 is 0 Å². The molecule has 9 heteroatoms. The zero-order chi connectivity index (χ0) is 25.1. The molecule has 0 aliphatic heterocycles. The second kappa shape index (κ2) is 13.0. The minimum Gasteiger partial charge on any atom is -0.495 e. The molecule has 8 nitrogen and oxygen atoms in total. The first-order chi connectivity index (χ1) is 16.2. The lowest BCUT2D eigenvalue weighted by atomic mass is 10.1. The number of hydrogen-bond acceptors (Lipinski definition) is 5. The van der Waals surface area contributed by atoms with Crippen molar-refractivity contribution in [3.05, 3.63) is 60.2 Å². The zero-order valence-electron chi connectivity index (χ0n) is 20.4. The fourth-order valence-electron chi connectivity index (χ4n) is 3.54. The van der Waals surface area contributed by atoms with E-state index in [1.54, 1.807) is 31.2 Å². The average Bonchev–Trinajstić information content (AvgIpc) is 2.82. The van der Waals surface area contributed by atoms with Gasteiger partial charge in [-0.05, 0) is 37.5 Å². The first-order valence-corrected chi connectivity index (χ1v) is 13.3. The van der Waals surface area contributed by atoms with Crippen molar-refractivity contribution in [2.45, 2.75) is 39.2 Å². The summed E-state index contributed by atoms with van der Waals surface area (Å²) in [4.78, 5) is 27.7. The van der Waals surface area contributed by atoms with Crippen molar-refractivity contribution in [2.75, 3.05) is 37.3 Å². The van der Waals surface area contributed by atoms with Crippen LogP contribution in [0.25, 0.3) is 0 Å². The molecule has 186 valence electrons. The van der Waals surface area contributed by atoms with E-state index in [2.05, 4.69) is 5.32 Å². The molecule has 2 aromatic carbocycles. The number of carbonyl (C=O) groups excluding carboxylic acids is 2. The van der Waals surface area contributed by atoms with Gasteiger partial charge in [0.2, 0.25) is 21.8 Å². The maximum absolute atomic E-state index is 13.5. The monoisotopic (exact) mass is 489 g/mol. The predicted octanol–water partition coefficient (Wildman–Crippen LogP) is 2.84. The molecule has 0 unspecified atom stereocenters. The smallest absolute Gasteiger partial charge is 0.244 e. The van der Waals surface area contributed by atoms with Gasteiger partial charge in [-0.2, -0.15) is 0 Å². The van der Waals surface area contributed by atoms with Crippen molar-refractivity contribution in [1.29, 1.82) is 0 Å². The van der Waals surface area contributed by atoms with Gasteiger partial charge in [0.15, 0.2) is 0 Å². The molecule has 0 heterocycles. The van der Waals surface area contributed by atoms with Gasteiger partial charge in [-0.1, -0.05) is 55.8 Å². The highest BCUT2D eigenvalue weighted by Crippen LogP contribution is 2.29. The summed E-state index contributed by atoms with van der Waals surface area (Å²) in [5.74, 6) is -0.398. The molecule has 0 bridgehead atoms. The van der Waals surface area contributed by atoms with E-state index >= 15 is 0 Å². The predicted molar refractivity (Wildman–Crippen MR) is 134 cm³/mol. The van der Waals surface area contributed by atoms with Gasteiger partial charge in [-0.15, -0.1) is 0 Å². The van der Waals surface area contributed by atoms with Gasteiger partial charge in [0.05, 0.1) is 19.1 Å². The molecule has 0 radical (unpaired) electrons. The minimum atomic E-state index is -3.80. The standard InChI is InChI=1S/C25H35N3O5S/c1-5-6-17-26-25(30)20(2)27(18-16-21-12-8-7-9-13-21)24(29)19-28(34(4,31)32)22-14-10-11-15-23(22)33-3/h7-15,20H,5-6,16-19H2,1-4H3,(H,26,30)/t20-/m1/s1. The van der Waals surface area contributed by atoms with E-state index in [1.807, 2.05) is 37.3 Å². The van der Waals surface area contributed by atoms with Crippen LogP contribution in [0.2, 0.25) is 0 Å². The summed E-state index contributed by atoms with van der Waals surface area (Å²) in [5, 5.41) is 2.87. The van der Waals surface area contributed by atoms with Crippen LogP contribution in [0.5, 0.6) is 5.75 Å². The first kappa shape index (κ1) is 27.2. The summed E-state index contributed by atoms with van der Waals surface area (Å²) in [5.41, 5.74) is 1.28. The molecule has 0 aromatic heterocycles. The van der Waals surface area contributed by atoms with E-state index < -0.39 is 28.5 Å². The maximum Gasteiger partial charge on any atom is 0.244 e.